The van der Waals surface area contributed by atoms with Crippen molar-refractivity contribution in [3.63, 3.8) is 0 Å². The fourth-order valence-electron chi connectivity index (χ4n) is 6.87. The summed E-state index contributed by atoms with van der Waals surface area (Å²) in [5.41, 5.74) is 2.95. The van der Waals surface area contributed by atoms with Crippen LogP contribution in [-0.4, -0.2) is 75.7 Å². The van der Waals surface area contributed by atoms with Gasteiger partial charge in [0.05, 0.1) is 6.57 Å². The van der Waals surface area contributed by atoms with Gasteiger partial charge in [0.15, 0.2) is 11.5 Å². The zero-order valence-electron chi connectivity index (χ0n) is 34.3. The molecule has 2 heterocycles. The zero-order chi connectivity index (χ0) is 39.5. The lowest BCUT2D eigenvalue weighted by Crippen LogP contribution is -2.47. The normalized spacial score (nSPS) is 17.8. The number of benzene rings is 1. The summed E-state index contributed by atoms with van der Waals surface area (Å²) in [6.07, 6.45) is 2.03. The van der Waals surface area contributed by atoms with Crippen molar-refractivity contribution in [2.24, 2.45) is 22.7 Å². The first kappa shape index (κ1) is 42.1. The van der Waals surface area contributed by atoms with Gasteiger partial charge >= 0.3 is 12.1 Å². The van der Waals surface area contributed by atoms with Gasteiger partial charge in [-0.1, -0.05) is 86.9 Å². The molecule has 0 bridgehead atoms. The van der Waals surface area contributed by atoms with Gasteiger partial charge in [-0.25, -0.2) is 23.9 Å². The molecule has 1 saturated carbocycles. The average Bonchev–Trinajstić information content (AvgIpc) is 3.57. The van der Waals surface area contributed by atoms with Gasteiger partial charge in [0.2, 0.25) is 11.8 Å². The molecule has 0 aliphatic heterocycles. The van der Waals surface area contributed by atoms with Gasteiger partial charge in [-0.15, -0.1) is 0 Å². The highest BCUT2D eigenvalue weighted by atomic mass is 16.6. The number of esters is 1. The Morgan fingerprint density at radius 1 is 0.981 bits per heavy atom. The minimum atomic E-state index is -0.623. The first-order valence-electron chi connectivity index (χ1n) is 18.5. The van der Waals surface area contributed by atoms with Crippen LogP contribution in [0.25, 0.3) is 21.9 Å². The minimum absolute atomic E-state index is 0.00898. The molecule has 1 aromatic carbocycles. The van der Waals surface area contributed by atoms with E-state index in [1.54, 1.807) is 14.1 Å². The standard InChI is InChI=1S/C37H53N5O4.C4H9NO/c1-14-41(15-2)34(44)46-32-28(38-13)27(33(43)45-29-25(36(7,8)9)17-16-18-26(29)37(10,11)12)31-39-30(40-42(31)32)24-20-19-23(21-22(24)3)35(4,5)6;1-4(6)5(2)3/h19-21,25-26,29H,14-18H2,1-12H3,(H,39,40);1-3H3. The average molecular weight is 719 g/mol. The lowest BCUT2D eigenvalue weighted by Gasteiger charge is -2.48. The molecule has 286 valence electrons. The Hall–Kier alpha value is -4.33. The smallest absolute Gasteiger partial charge is 0.415 e. The molecule has 52 heavy (non-hydrogen) atoms. The van der Waals surface area contributed by atoms with E-state index in [1.165, 1.54) is 26.8 Å². The molecule has 2 atom stereocenters. The van der Waals surface area contributed by atoms with Crippen LogP contribution in [0, 0.1) is 36.2 Å². The lowest BCUT2D eigenvalue weighted by molar-refractivity contribution is -0.126. The van der Waals surface area contributed by atoms with Crippen LogP contribution in [-0.2, 0) is 14.9 Å². The molecule has 1 fully saturated rings. The Labute approximate surface area is 311 Å². The molecular formula is C41H62N6O5. The third-order valence-electron chi connectivity index (χ3n) is 10.3. The Kier molecular flexibility index (Phi) is 13.1. The van der Waals surface area contributed by atoms with Gasteiger partial charge in [0.1, 0.15) is 11.7 Å². The van der Waals surface area contributed by atoms with Gasteiger partial charge in [0.25, 0.3) is 5.69 Å². The van der Waals surface area contributed by atoms with Crippen LogP contribution in [0.15, 0.2) is 18.2 Å². The summed E-state index contributed by atoms with van der Waals surface area (Å²) in [6.45, 7) is 35.9. The summed E-state index contributed by atoms with van der Waals surface area (Å²) < 4.78 is 13.8. The second-order valence-corrected chi connectivity index (χ2v) is 17.4. The van der Waals surface area contributed by atoms with Gasteiger partial charge in [-0.05, 0) is 61.0 Å². The number of aromatic nitrogens is 3. The summed E-state index contributed by atoms with van der Waals surface area (Å²) in [6, 6.07) is 6.22. The van der Waals surface area contributed by atoms with E-state index in [0.717, 1.165) is 30.4 Å². The van der Waals surface area contributed by atoms with Gasteiger partial charge in [-0.2, -0.15) is 0 Å². The second kappa shape index (κ2) is 16.1. The minimum Gasteiger partial charge on any atom is -0.459 e. The highest BCUT2D eigenvalue weighted by molar-refractivity contribution is 6.05. The molecule has 1 aliphatic rings. The summed E-state index contributed by atoms with van der Waals surface area (Å²) in [5, 5.41) is 3.24. The van der Waals surface area contributed by atoms with Crippen molar-refractivity contribution in [2.75, 3.05) is 27.2 Å². The third-order valence-corrected chi connectivity index (χ3v) is 10.3. The van der Waals surface area contributed by atoms with Crippen molar-refractivity contribution in [2.45, 2.75) is 121 Å². The van der Waals surface area contributed by atoms with Crippen molar-refractivity contribution in [1.29, 1.82) is 0 Å². The van der Waals surface area contributed by atoms with E-state index in [4.69, 9.17) is 21.0 Å². The van der Waals surface area contributed by atoms with Crippen molar-refractivity contribution >= 4 is 29.3 Å². The van der Waals surface area contributed by atoms with E-state index in [9.17, 15) is 14.4 Å². The molecular weight excluding hydrogens is 656 g/mol. The zero-order valence-corrected chi connectivity index (χ0v) is 34.3. The van der Waals surface area contributed by atoms with Crippen LogP contribution >= 0.6 is 0 Å². The molecule has 1 aliphatic carbocycles. The number of H-pyrrole nitrogens is 1. The van der Waals surface area contributed by atoms with Crippen molar-refractivity contribution < 1.29 is 23.9 Å². The Balaban J connectivity index is 0.00000112. The van der Waals surface area contributed by atoms with E-state index in [1.807, 2.05) is 26.8 Å². The molecule has 2 unspecified atom stereocenters. The number of nitrogens with zero attached hydrogens (tertiary/aromatic N) is 5. The van der Waals surface area contributed by atoms with Crippen LogP contribution in [0.3, 0.4) is 0 Å². The van der Waals surface area contributed by atoms with Crippen LogP contribution in [0.2, 0.25) is 0 Å². The Bertz CT molecular complexity index is 1760. The molecule has 0 saturated heterocycles. The lowest BCUT2D eigenvalue weighted by atomic mass is 9.61. The number of aryl methyl sites for hydroxylation is 1. The number of carbonyl (C=O) groups is 3. The van der Waals surface area contributed by atoms with Crippen molar-refractivity contribution in [3.8, 4) is 17.3 Å². The maximum atomic E-state index is 14.4. The van der Waals surface area contributed by atoms with Crippen molar-refractivity contribution in [3.05, 3.63) is 46.3 Å². The molecule has 11 nitrogen and oxygen atoms in total. The Morgan fingerprint density at radius 3 is 1.94 bits per heavy atom. The second-order valence-electron chi connectivity index (χ2n) is 17.4. The number of amides is 2. The molecule has 4 rings (SSSR count). The predicted molar refractivity (Wildman–Crippen MR) is 207 cm³/mol. The maximum Gasteiger partial charge on any atom is 0.415 e. The number of nitrogens with one attached hydrogen (secondary N) is 1. The maximum absolute atomic E-state index is 14.4. The highest BCUT2D eigenvalue weighted by Gasteiger charge is 2.47. The van der Waals surface area contributed by atoms with Crippen LogP contribution in [0.4, 0.5) is 10.5 Å². The number of fused-ring (bicyclic) bond motifs is 1. The number of ether oxygens (including phenoxy) is 2. The monoisotopic (exact) mass is 718 g/mol. The molecule has 11 heteroatoms. The van der Waals surface area contributed by atoms with E-state index in [2.05, 4.69) is 84.4 Å². The summed E-state index contributed by atoms with van der Waals surface area (Å²) in [4.78, 5) is 49.3. The highest BCUT2D eigenvalue weighted by Crippen LogP contribution is 2.49. The topological polar surface area (TPSA) is 114 Å². The summed E-state index contributed by atoms with van der Waals surface area (Å²) >= 11 is 0. The quantitative estimate of drug-likeness (QED) is 0.201. The first-order chi connectivity index (χ1) is 24.0. The van der Waals surface area contributed by atoms with E-state index < -0.39 is 12.1 Å². The number of hydrogen-bond donors (Lipinski definition) is 1. The molecule has 2 aromatic heterocycles. The van der Waals surface area contributed by atoms with Crippen LogP contribution in [0.5, 0.6) is 5.88 Å². The first-order valence-corrected chi connectivity index (χ1v) is 18.5. The predicted octanol–water partition coefficient (Wildman–Crippen LogP) is 9.46. The van der Waals surface area contributed by atoms with E-state index >= 15 is 0 Å². The number of rotatable bonds is 6. The summed E-state index contributed by atoms with van der Waals surface area (Å²) in [7, 11) is 3.45. The SMILES string of the molecule is CC(=O)N(C)C.[C-]#[N+]c1c(C(=O)OC2C(C(C)(C)C)CCCC2C(C)(C)C)c2nc(-c3ccc(C(C)(C)C)cc3C)[nH]n2c1OC(=O)N(CC)CC. The fraction of sp³-hybridized carbons (Fsp3) is 0.634. The van der Waals surface area contributed by atoms with Gasteiger partial charge in [0, 0.05) is 51.5 Å². The molecule has 3 aromatic rings. The molecule has 0 radical (unpaired) electrons. The molecule has 2 amide bonds. The van der Waals surface area contributed by atoms with Gasteiger partial charge < -0.3 is 19.3 Å². The van der Waals surface area contributed by atoms with Crippen LogP contribution < -0.4 is 4.74 Å². The third kappa shape index (κ3) is 9.36. The number of aromatic amines is 1. The molecule has 1 N–H and O–H groups in total. The van der Waals surface area contributed by atoms with Crippen LogP contribution in [0.1, 0.15) is 124 Å². The van der Waals surface area contributed by atoms with Gasteiger partial charge in [-0.3, -0.25) is 9.89 Å². The van der Waals surface area contributed by atoms with E-state index in [-0.39, 0.29) is 62.9 Å². The summed E-state index contributed by atoms with van der Waals surface area (Å²) in [5.74, 6) is 0.179. The largest absolute Gasteiger partial charge is 0.459 e. The van der Waals surface area contributed by atoms with E-state index in [0.29, 0.717) is 18.9 Å². The Morgan fingerprint density at radius 2 is 1.52 bits per heavy atom. The number of carbonyl (C=O) groups excluding carboxylic acids is 3. The fourth-order valence-corrected chi connectivity index (χ4v) is 6.87. The number of hydrogen-bond acceptors (Lipinski definition) is 6. The molecule has 0 spiro atoms. The van der Waals surface area contributed by atoms with Crippen molar-refractivity contribution in [1.82, 2.24) is 24.4 Å².